The summed E-state index contributed by atoms with van der Waals surface area (Å²) in [4.78, 5) is 26.1. The monoisotopic (exact) mass is 289 g/mol. The number of carbonyl (C=O) groups is 2. The van der Waals surface area contributed by atoms with Gasteiger partial charge in [0.05, 0.1) is 12.2 Å². The maximum atomic E-state index is 12.4. The molecule has 1 saturated heterocycles. The second kappa shape index (κ2) is 6.70. The summed E-state index contributed by atoms with van der Waals surface area (Å²) in [5.74, 6) is 0.0822. The van der Waals surface area contributed by atoms with Gasteiger partial charge in [0.1, 0.15) is 0 Å². The van der Waals surface area contributed by atoms with E-state index in [1.54, 1.807) is 27.9 Å². The Morgan fingerprint density at radius 3 is 2.81 bits per heavy atom. The molecule has 0 aliphatic carbocycles. The third-order valence-corrected chi connectivity index (χ3v) is 4.18. The van der Waals surface area contributed by atoms with E-state index in [-0.39, 0.29) is 17.7 Å². The molecule has 0 spiro atoms. The number of likely N-dealkylation sites (tertiary alicyclic amines) is 1. The number of aryl methyl sites for hydroxylation is 1. The molecule has 0 saturated carbocycles. The van der Waals surface area contributed by atoms with E-state index >= 15 is 0 Å². The van der Waals surface area contributed by atoms with E-state index in [0.717, 1.165) is 30.5 Å². The minimum absolute atomic E-state index is 0.0789. The first-order chi connectivity index (χ1) is 10.0. The molecule has 0 radical (unpaired) electrons. The van der Waals surface area contributed by atoms with E-state index in [2.05, 4.69) is 5.10 Å². The van der Waals surface area contributed by atoms with Gasteiger partial charge in [0.15, 0.2) is 5.78 Å². The van der Waals surface area contributed by atoms with Crippen LogP contribution < -0.4 is 0 Å². The van der Waals surface area contributed by atoms with Crippen LogP contribution in [0, 0.1) is 6.92 Å². The highest BCUT2D eigenvalue weighted by molar-refractivity contribution is 5.96. The predicted octanol–water partition coefficient (Wildman–Crippen LogP) is 2.10. The van der Waals surface area contributed by atoms with E-state index in [1.165, 1.54) is 0 Å². The summed E-state index contributed by atoms with van der Waals surface area (Å²) in [6, 6.07) is -0.240. The van der Waals surface area contributed by atoms with Crippen LogP contribution in [-0.4, -0.2) is 39.0 Å². The van der Waals surface area contributed by atoms with Crippen LogP contribution in [0.1, 0.15) is 43.9 Å². The molecule has 114 valence electrons. The number of Topliss-reactive ketones (excluding diaryl/α,β-unsaturated/α-hetero) is 1. The lowest BCUT2D eigenvalue weighted by Crippen LogP contribution is -2.47. The van der Waals surface area contributed by atoms with Crippen LogP contribution >= 0.6 is 0 Å². The zero-order chi connectivity index (χ0) is 15.4. The molecular formula is C16H23N3O2. The average molecular weight is 289 g/mol. The molecule has 0 aromatic carbocycles. The molecule has 5 nitrogen and oxygen atoms in total. The third kappa shape index (κ3) is 3.40. The van der Waals surface area contributed by atoms with Crippen LogP contribution in [0.25, 0.3) is 6.08 Å². The number of nitrogens with zero attached hydrogens (tertiary/aromatic N) is 3. The molecule has 5 heteroatoms. The molecule has 1 aromatic rings. The number of aromatic nitrogens is 2. The average Bonchev–Trinajstić information content (AvgIpc) is 2.83. The Morgan fingerprint density at radius 1 is 1.43 bits per heavy atom. The van der Waals surface area contributed by atoms with Gasteiger partial charge in [-0.1, -0.05) is 6.92 Å². The zero-order valence-electron chi connectivity index (χ0n) is 13.0. The molecule has 1 fully saturated rings. The number of amides is 1. The fraction of sp³-hybridized carbons (Fsp3) is 0.562. The number of hydrogen-bond donors (Lipinski definition) is 0. The molecule has 1 unspecified atom stereocenters. The van der Waals surface area contributed by atoms with Gasteiger partial charge in [-0.15, -0.1) is 0 Å². The summed E-state index contributed by atoms with van der Waals surface area (Å²) >= 11 is 0. The summed E-state index contributed by atoms with van der Waals surface area (Å²) in [5, 5.41) is 4.15. The molecule has 2 heterocycles. The molecule has 1 aromatic heterocycles. The molecule has 2 rings (SSSR count). The van der Waals surface area contributed by atoms with Crippen LogP contribution in [0.4, 0.5) is 0 Å². The third-order valence-electron chi connectivity index (χ3n) is 4.18. The topological polar surface area (TPSA) is 55.2 Å². The van der Waals surface area contributed by atoms with Gasteiger partial charge in [-0.3, -0.25) is 14.3 Å². The van der Waals surface area contributed by atoms with Gasteiger partial charge in [-0.05, 0) is 32.3 Å². The minimum Gasteiger partial charge on any atom is -0.329 e. The largest absolute Gasteiger partial charge is 0.329 e. The van der Waals surface area contributed by atoms with E-state index < -0.39 is 0 Å². The number of hydrogen-bond acceptors (Lipinski definition) is 3. The molecule has 21 heavy (non-hydrogen) atoms. The molecule has 1 aliphatic rings. The molecule has 1 aliphatic heterocycles. The van der Waals surface area contributed by atoms with Crippen LogP contribution in [-0.2, 0) is 16.6 Å². The van der Waals surface area contributed by atoms with Gasteiger partial charge in [0.2, 0.25) is 5.91 Å². The highest BCUT2D eigenvalue weighted by Gasteiger charge is 2.29. The predicted molar refractivity (Wildman–Crippen MR) is 81.6 cm³/mol. The molecule has 1 atom stereocenters. The van der Waals surface area contributed by atoms with Crippen molar-refractivity contribution >= 4 is 17.8 Å². The quantitative estimate of drug-likeness (QED) is 0.798. The fourth-order valence-electron chi connectivity index (χ4n) is 2.70. The van der Waals surface area contributed by atoms with Gasteiger partial charge in [-0.2, -0.15) is 5.10 Å². The van der Waals surface area contributed by atoms with Crippen molar-refractivity contribution in [3.63, 3.8) is 0 Å². The van der Waals surface area contributed by atoms with Crippen molar-refractivity contribution in [1.82, 2.24) is 14.7 Å². The summed E-state index contributed by atoms with van der Waals surface area (Å²) in [6.45, 7) is 4.49. The minimum atomic E-state index is -0.240. The summed E-state index contributed by atoms with van der Waals surface area (Å²) in [5.41, 5.74) is 1.94. The smallest absolute Gasteiger partial charge is 0.247 e. The zero-order valence-corrected chi connectivity index (χ0v) is 13.0. The second-order valence-electron chi connectivity index (χ2n) is 5.51. The van der Waals surface area contributed by atoms with E-state index in [1.807, 2.05) is 20.9 Å². The van der Waals surface area contributed by atoms with Gasteiger partial charge in [0.25, 0.3) is 0 Å². The number of piperidine rings is 1. The Balaban J connectivity index is 2.10. The van der Waals surface area contributed by atoms with Crippen molar-refractivity contribution in [2.45, 2.75) is 45.6 Å². The first-order valence-electron chi connectivity index (χ1n) is 7.54. The molecule has 0 bridgehead atoms. The van der Waals surface area contributed by atoms with Crippen molar-refractivity contribution in [3.8, 4) is 0 Å². The van der Waals surface area contributed by atoms with Crippen molar-refractivity contribution in [3.05, 3.63) is 23.5 Å². The van der Waals surface area contributed by atoms with Crippen LogP contribution in [0.15, 0.2) is 12.3 Å². The Morgan fingerprint density at radius 2 is 2.19 bits per heavy atom. The number of ketones is 1. The van der Waals surface area contributed by atoms with Crippen molar-refractivity contribution in [2.75, 3.05) is 6.54 Å². The molecule has 1 amide bonds. The van der Waals surface area contributed by atoms with E-state index in [9.17, 15) is 9.59 Å². The van der Waals surface area contributed by atoms with Gasteiger partial charge in [0, 0.05) is 37.3 Å². The SMILES string of the molecule is CCC(=O)C1CCCCN1C(=O)C=Cc1cnn(C)c1C. The standard InChI is InChI=1S/C16H23N3O2/c1-4-15(20)14-7-5-6-10-19(14)16(21)9-8-13-11-17-18(3)12(13)2/h8-9,11,14H,4-7,10H2,1-3H3. The van der Waals surface area contributed by atoms with Crippen LogP contribution in [0.2, 0.25) is 0 Å². The van der Waals surface area contributed by atoms with Gasteiger partial charge in [-0.25, -0.2) is 0 Å². The molecular weight excluding hydrogens is 266 g/mol. The fourth-order valence-corrected chi connectivity index (χ4v) is 2.70. The summed E-state index contributed by atoms with van der Waals surface area (Å²) in [6.07, 6.45) is 8.35. The lowest BCUT2D eigenvalue weighted by atomic mass is 9.97. The number of carbonyl (C=O) groups excluding carboxylic acids is 2. The first-order valence-corrected chi connectivity index (χ1v) is 7.54. The molecule has 0 N–H and O–H groups in total. The van der Waals surface area contributed by atoms with Crippen LogP contribution in [0.5, 0.6) is 0 Å². The van der Waals surface area contributed by atoms with Gasteiger partial charge >= 0.3 is 0 Å². The normalized spacial score (nSPS) is 19.2. The van der Waals surface area contributed by atoms with Crippen molar-refractivity contribution in [1.29, 1.82) is 0 Å². The highest BCUT2D eigenvalue weighted by atomic mass is 16.2. The Labute approximate surface area is 125 Å². The lowest BCUT2D eigenvalue weighted by molar-refractivity contribution is -0.137. The Kier molecular flexibility index (Phi) is 4.94. The lowest BCUT2D eigenvalue weighted by Gasteiger charge is -2.33. The maximum absolute atomic E-state index is 12.4. The number of rotatable bonds is 4. The Bertz CT molecular complexity index is 560. The summed E-state index contributed by atoms with van der Waals surface area (Å²) < 4.78 is 1.77. The Hall–Kier alpha value is -1.91. The van der Waals surface area contributed by atoms with Crippen molar-refractivity contribution < 1.29 is 9.59 Å². The maximum Gasteiger partial charge on any atom is 0.247 e. The second-order valence-corrected chi connectivity index (χ2v) is 5.51. The first kappa shape index (κ1) is 15.5. The van der Waals surface area contributed by atoms with E-state index in [4.69, 9.17) is 0 Å². The van der Waals surface area contributed by atoms with Crippen molar-refractivity contribution in [2.24, 2.45) is 7.05 Å². The van der Waals surface area contributed by atoms with Gasteiger partial charge < -0.3 is 4.90 Å². The summed E-state index contributed by atoms with van der Waals surface area (Å²) in [7, 11) is 1.87. The highest BCUT2D eigenvalue weighted by Crippen LogP contribution is 2.19. The van der Waals surface area contributed by atoms with E-state index in [0.29, 0.717) is 13.0 Å². The van der Waals surface area contributed by atoms with Crippen LogP contribution in [0.3, 0.4) is 0 Å².